The van der Waals surface area contributed by atoms with Crippen molar-refractivity contribution in [3.05, 3.63) is 28.7 Å². The van der Waals surface area contributed by atoms with Crippen molar-refractivity contribution in [2.45, 2.75) is 19.0 Å². The van der Waals surface area contributed by atoms with Crippen molar-refractivity contribution < 1.29 is 23.1 Å². The normalized spacial score (nSPS) is 12.0. The van der Waals surface area contributed by atoms with Crippen LogP contribution in [0, 0.1) is 0 Å². The van der Waals surface area contributed by atoms with E-state index in [2.05, 4.69) is 10.2 Å². The maximum atomic E-state index is 12.2. The van der Waals surface area contributed by atoms with Gasteiger partial charge in [-0.2, -0.15) is 13.2 Å². The standard InChI is InChI=1S/C10H7ClF3N3O2/c11-6-3-5(9(18)19)4-17-7(15-16-8(6)17)1-2-10(12,13)14/h3-4H,1-2H2,(H,18,19). The number of fused-ring (bicyclic) bond motifs is 1. The van der Waals surface area contributed by atoms with Crippen LogP contribution in [0.25, 0.3) is 5.65 Å². The van der Waals surface area contributed by atoms with E-state index in [-0.39, 0.29) is 22.1 Å². The first-order valence-corrected chi connectivity index (χ1v) is 5.49. The van der Waals surface area contributed by atoms with Gasteiger partial charge in [-0.3, -0.25) is 4.40 Å². The molecular weight excluding hydrogens is 287 g/mol. The molecule has 0 bridgehead atoms. The van der Waals surface area contributed by atoms with Crippen LogP contribution in [0.4, 0.5) is 13.2 Å². The molecule has 9 heteroatoms. The number of carboxylic acids is 1. The van der Waals surface area contributed by atoms with E-state index in [1.54, 1.807) is 0 Å². The Balaban J connectivity index is 2.43. The highest BCUT2D eigenvalue weighted by Crippen LogP contribution is 2.23. The number of aromatic nitrogens is 3. The smallest absolute Gasteiger partial charge is 0.389 e. The Labute approximate surface area is 109 Å². The fourth-order valence-electron chi connectivity index (χ4n) is 1.54. The lowest BCUT2D eigenvalue weighted by atomic mass is 10.2. The van der Waals surface area contributed by atoms with Crippen LogP contribution in [0.3, 0.4) is 0 Å². The highest BCUT2D eigenvalue weighted by atomic mass is 35.5. The molecule has 0 spiro atoms. The van der Waals surface area contributed by atoms with E-state index in [1.165, 1.54) is 6.07 Å². The van der Waals surface area contributed by atoms with E-state index < -0.39 is 25.0 Å². The van der Waals surface area contributed by atoms with Crippen LogP contribution in [-0.2, 0) is 6.42 Å². The number of pyridine rings is 1. The quantitative estimate of drug-likeness (QED) is 0.944. The maximum Gasteiger partial charge on any atom is 0.389 e. The second-order valence-corrected chi connectivity index (χ2v) is 4.21. The molecule has 0 atom stereocenters. The SMILES string of the molecule is O=C(O)c1cc(Cl)c2nnc(CCC(F)(F)F)n2c1. The number of rotatable bonds is 3. The van der Waals surface area contributed by atoms with Gasteiger partial charge in [0.25, 0.3) is 0 Å². The summed E-state index contributed by atoms with van der Waals surface area (Å²) >= 11 is 5.80. The number of hydrogen-bond acceptors (Lipinski definition) is 3. The second kappa shape index (κ2) is 4.69. The highest BCUT2D eigenvalue weighted by molar-refractivity contribution is 6.33. The first kappa shape index (κ1) is 13.6. The molecule has 0 aromatic carbocycles. The van der Waals surface area contributed by atoms with Gasteiger partial charge in [-0.1, -0.05) is 11.6 Å². The molecule has 0 unspecified atom stereocenters. The summed E-state index contributed by atoms with van der Waals surface area (Å²) in [6, 6.07) is 1.17. The third kappa shape index (κ3) is 2.95. The molecule has 2 rings (SSSR count). The minimum atomic E-state index is -4.32. The van der Waals surface area contributed by atoms with Crippen molar-refractivity contribution in [1.29, 1.82) is 0 Å². The van der Waals surface area contributed by atoms with Crippen molar-refractivity contribution in [3.8, 4) is 0 Å². The lowest BCUT2D eigenvalue weighted by molar-refractivity contribution is -0.134. The molecule has 102 valence electrons. The lowest BCUT2D eigenvalue weighted by Crippen LogP contribution is -2.10. The molecule has 0 radical (unpaired) electrons. The van der Waals surface area contributed by atoms with E-state index in [0.717, 1.165) is 10.6 Å². The van der Waals surface area contributed by atoms with Crippen molar-refractivity contribution in [3.63, 3.8) is 0 Å². The van der Waals surface area contributed by atoms with Crippen molar-refractivity contribution in [1.82, 2.24) is 14.6 Å². The maximum absolute atomic E-state index is 12.2. The number of aryl methyl sites for hydroxylation is 1. The van der Waals surface area contributed by atoms with Gasteiger partial charge in [0.2, 0.25) is 0 Å². The van der Waals surface area contributed by atoms with Crippen molar-refractivity contribution in [2.24, 2.45) is 0 Å². The number of aromatic carboxylic acids is 1. The largest absolute Gasteiger partial charge is 0.478 e. The Kier molecular flexibility index (Phi) is 3.36. The fourth-order valence-corrected chi connectivity index (χ4v) is 1.79. The second-order valence-electron chi connectivity index (χ2n) is 3.81. The minimum Gasteiger partial charge on any atom is -0.478 e. The summed E-state index contributed by atoms with van der Waals surface area (Å²) in [7, 11) is 0. The van der Waals surface area contributed by atoms with Crippen LogP contribution in [0.15, 0.2) is 12.3 Å². The van der Waals surface area contributed by atoms with E-state index in [9.17, 15) is 18.0 Å². The number of halogens is 4. The van der Waals surface area contributed by atoms with E-state index in [1.807, 2.05) is 0 Å². The van der Waals surface area contributed by atoms with Crippen LogP contribution in [0.5, 0.6) is 0 Å². The molecule has 5 nitrogen and oxygen atoms in total. The van der Waals surface area contributed by atoms with Crippen LogP contribution in [-0.4, -0.2) is 31.9 Å². The molecular formula is C10H7ClF3N3O2. The van der Waals surface area contributed by atoms with Gasteiger partial charge >= 0.3 is 12.1 Å². The summed E-state index contributed by atoms with van der Waals surface area (Å²) in [5.41, 5.74) is -0.0191. The Morgan fingerprint density at radius 1 is 1.42 bits per heavy atom. The zero-order chi connectivity index (χ0) is 14.2. The first-order chi connectivity index (χ1) is 8.78. The molecule has 19 heavy (non-hydrogen) atoms. The van der Waals surface area contributed by atoms with Gasteiger partial charge in [0, 0.05) is 12.6 Å². The Morgan fingerprint density at radius 3 is 2.68 bits per heavy atom. The minimum absolute atomic E-state index is 0.0114. The zero-order valence-electron chi connectivity index (χ0n) is 9.28. The van der Waals surface area contributed by atoms with E-state index in [4.69, 9.17) is 16.7 Å². The molecule has 2 aromatic rings. The Bertz CT molecular complexity index is 639. The Morgan fingerprint density at radius 2 is 2.11 bits per heavy atom. The van der Waals surface area contributed by atoms with Gasteiger partial charge in [-0.15, -0.1) is 10.2 Å². The van der Waals surface area contributed by atoms with Crippen LogP contribution in [0.2, 0.25) is 5.02 Å². The van der Waals surface area contributed by atoms with Gasteiger partial charge in [-0.05, 0) is 6.07 Å². The molecule has 0 saturated heterocycles. The zero-order valence-corrected chi connectivity index (χ0v) is 10.0. The number of hydrogen-bond donors (Lipinski definition) is 1. The predicted molar refractivity (Wildman–Crippen MR) is 59.3 cm³/mol. The third-order valence-electron chi connectivity index (χ3n) is 2.41. The number of carbonyl (C=O) groups is 1. The van der Waals surface area contributed by atoms with Gasteiger partial charge < -0.3 is 5.11 Å². The summed E-state index contributed by atoms with van der Waals surface area (Å²) in [5.74, 6) is -1.23. The van der Waals surface area contributed by atoms with Gasteiger partial charge in [0.05, 0.1) is 17.0 Å². The monoisotopic (exact) mass is 293 g/mol. The topological polar surface area (TPSA) is 67.5 Å². The number of alkyl halides is 3. The molecule has 0 aliphatic heterocycles. The molecule has 2 heterocycles. The van der Waals surface area contributed by atoms with Gasteiger partial charge in [-0.25, -0.2) is 4.79 Å². The molecule has 0 aliphatic rings. The van der Waals surface area contributed by atoms with Crippen molar-refractivity contribution >= 4 is 23.2 Å². The molecule has 0 aliphatic carbocycles. The number of carboxylic acid groups (broad SMARTS) is 1. The molecule has 0 fully saturated rings. The van der Waals surface area contributed by atoms with Crippen LogP contribution >= 0.6 is 11.6 Å². The van der Waals surface area contributed by atoms with E-state index in [0.29, 0.717) is 0 Å². The molecule has 0 amide bonds. The summed E-state index contributed by atoms with van der Waals surface area (Å²) in [5, 5.41) is 16.1. The predicted octanol–water partition coefficient (Wildman–Crippen LogP) is 2.58. The van der Waals surface area contributed by atoms with Gasteiger partial charge in [0.1, 0.15) is 5.82 Å². The summed E-state index contributed by atoms with van der Waals surface area (Å²) in [6.07, 6.45) is -4.64. The van der Waals surface area contributed by atoms with Crippen LogP contribution < -0.4 is 0 Å². The lowest BCUT2D eigenvalue weighted by Gasteiger charge is -2.05. The Hall–Kier alpha value is -1.83. The summed E-state index contributed by atoms with van der Waals surface area (Å²) < 4.78 is 37.6. The average molecular weight is 294 g/mol. The van der Waals surface area contributed by atoms with Crippen molar-refractivity contribution in [2.75, 3.05) is 0 Å². The van der Waals surface area contributed by atoms with Crippen LogP contribution in [0.1, 0.15) is 22.6 Å². The van der Waals surface area contributed by atoms with E-state index >= 15 is 0 Å². The highest BCUT2D eigenvalue weighted by Gasteiger charge is 2.27. The number of nitrogens with zero attached hydrogens (tertiary/aromatic N) is 3. The summed E-state index contributed by atoms with van der Waals surface area (Å²) in [6.45, 7) is 0. The average Bonchev–Trinajstić information content (AvgIpc) is 2.69. The van der Waals surface area contributed by atoms with Gasteiger partial charge in [0.15, 0.2) is 5.65 Å². The molecule has 1 N–H and O–H groups in total. The first-order valence-electron chi connectivity index (χ1n) is 5.11. The molecule has 2 aromatic heterocycles. The third-order valence-corrected chi connectivity index (χ3v) is 2.69. The molecule has 0 saturated carbocycles. The summed E-state index contributed by atoms with van der Waals surface area (Å²) in [4.78, 5) is 10.9. The fraction of sp³-hybridized carbons (Fsp3) is 0.300.